The van der Waals surface area contributed by atoms with Gasteiger partial charge in [-0.2, -0.15) is 0 Å². The molecule has 1 aliphatic heterocycles. The van der Waals surface area contributed by atoms with Gasteiger partial charge in [0.05, 0.1) is 23.5 Å². The number of hydrogen-bond acceptors (Lipinski definition) is 5. The van der Waals surface area contributed by atoms with Gasteiger partial charge in [-0.05, 0) is 37.1 Å². The first-order valence-electron chi connectivity index (χ1n) is 7.03. The molecule has 0 N–H and O–H groups in total. The maximum Gasteiger partial charge on any atom is 0.238 e. The fraction of sp³-hybridized carbons (Fsp3) is 0.312. The predicted molar refractivity (Wildman–Crippen MR) is 74.8 cm³/mol. The Morgan fingerprint density at radius 2 is 1.64 bits per heavy atom. The number of rotatable bonds is 4. The Labute approximate surface area is 127 Å². The molecule has 0 radical (unpaired) electrons. The van der Waals surface area contributed by atoms with Gasteiger partial charge in [-0.25, -0.2) is 0 Å². The lowest BCUT2D eigenvalue weighted by molar-refractivity contribution is -0.307. The second-order valence-electron chi connectivity index (χ2n) is 5.32. The predicted octanol–water partition coefficient (Wildman–Crippen LogP) is 0.271. The van der Waals surface area contributed by atoms with Crippen LogP contribution in [-0.4, -0.2) is 24.4 Å². The number of carbonyl (C=O) groups is 3. The Kier molecular flexibility index (Phi) is 3.66. The Morgan fingerprint density at radius 1 is 1.09 bits per heavy atom. The van der Waals surface area contributed by atoms with Crippen molar-refractivity contribution in [3.05, 3.63) is 36.4 Å². The Hall–Kier alpha value is -2.63. The third kappa shape index (κ3) is 2.47. The standard InChI is InChI=1S/C16H15NO5/c18-14(19)9-22-11-7-5-10(6-8-11)17-15(20)12-3-1-2-4-13(12)16(17)21/h1-2,5-8,12-13H,3-4,9H2,(H,18,19)/p-1/t12-,13-/m1/s1. The highest BCUT2D eigenvalue weighted by molar-refractivity contribution is 6.22. The second-order valence-corrected chi connectivity index (χ2v) is 5.32. The Balaban J connectivity index is 1.78. The summed E-state index contributed by atoms with van der Waals surface area (Å²) in [6.45, 7) is -0.545. The molecule has 2 aliphatic rings. The molecule has 1 aromatic rings. The molecule has 1 saturated heterocycles. The van der Waals surface area contributed by atoms with E-state index in [-0.39, 0.29) is 23.7 Å². The number of fused-ring (bicyclic) bond motifs is 1. The van der Waals surface area contributed by atoms with Gasteiger partial charge >= 0.3 is 0 Å². The van der Waals surface area contributed by atoms with Crippen LogP contribution in [0.5, 0.6) is 5.75 Å². The van der Waals surface area contributed by atoms with Crippen molar-refractivity contribution in [1.82, 2.24) is 0 Å². The first-order valence-corrected chi connectivity index (χ1v) is 7.03. The molecule has 0 aromatic heterocycles. The van der Waals surface area contributed by atoms with Gasteiger partial charge < -0.3 is 14.6 Å². The van der Waals surface area contributed by atoms with E-state index in [1.807, 2.05) is 12.2 Å². The minimum absolute atomic E-state index is 0.178. The van der Waals surface area contributed by atoms with Crippen LogP contribution in [0.2, 0.25) is 0 Å². The van der Waals surface area contributed by atoms with E-state index in [1.165, 1.54) is 17.0 Å². The highest BCUT2D eigenvalue weighted by Crippen LogP contribution is 2.37. The maximum absolute atomic E-state index is 12.4. The van der Waals surface area contributed by atoms with Crippen LogP contribution < -0.4 is 14.7 Å². The molecule has 0 unspecified atom stereocenters. The molecule has 2 amide bonds. The molecule has 1 aromatic carbocycles. The first-order chi connectivity index (χ1) is 10.6. The third-order valence-corrected chi connectivity index (χ3v) is 3.96. The van der Waals surface area contributed by atoms with Crippen molar-refractivity contribution in [2.45, 2.75) is 12.8 Å². The summed E-state index contributed by atoms with van der Waals surface area (Å²) in [5.41, 5.74) is 0.477. The number of benzene rings is 1. The van der Waals surface area contributed by atoms with Gasteiger partial charge in [0.25, 0.3) is 0 Å². The van der Waals surface area contributed by atoms with E-state index in [9.17, 15) is 19.5 Å². The van der Waals surface area contributed by atoms with E-state index in [4.69, 9.17) is 4.74 Å². The monoisotopic (exact) mass is 300 g/mol. The maximum atomic E-state index is 12.4. The normalized spacial score (nSPS) is 23.5. The molecule has 22 heavy (non-hydrogen) atoms. The van der Waals surface area contributed by atoms with Crippen molar-refractivity contribution in [3.63, 3.8) is 0 Å². The Morgan fingerprint density at radius 3 is 2.14 bits per heavy atom. The number of aliphatic carboxylic acids is 1. The summed E-state index contributed by atoms with van der Waals surface area (Å²) < 4.78 is 4.97. The average molecular weight is 300 g/mol. The molecular weight excluding hydrogens is 286 g/mol. The number of ether oxygens (including phenoxy) is 1. The van der Waals surface area contributed by atoms with E-state index in [0.717, 1.165) is 0 Å². The van der Waals surface area contributed by atoms with Gasteiger partial charge in [0.2, 0.25) is 11.8 Å². The molecule has 0 saturated carbocycles. The lowest BCUT2D eigenvalue weighted by Gasteiger charge is -2.15. The van der Waals surface area contributed by atoms with E-state index in [2.05, 4.69) is 0 Å². The number of allylic oxidation sites excluding steroid dienone is 2. The van der Waals surface area contributed by atoms with E-state index < -0.39 is 12.6 Å². The van der Waals surface area contributed by atoms with Gasteiger partial charge in [-0.15, -0.1) is 0 Å². The summed E-state index contributed by atoms with van der Waals surface area (Å²) in [4.78, 5) is 36.4. The zero-order valence-corrected chi connectivity index (χ0v) is 11.7. The number of carbonyl (C=O) groups excluding carboxylic acids is 3. The summed E-state index contributed by atoms with van der Waals surface area (Å²) in [6.07, 6.45) is 5.07. The largest absolute Gasteiger partial charge is 0.546 e. The molecule has 2 atom stereocenters. The smallest absolute Gasteiger partial charge is 0.238 e. The highest BCUT2D eigenvalue weighted by atomic mass is 16.5. The van der Waals surface area contributed by atoms with Crippen molar-refractivity contribution in [3.8, 4) is 5.75 Å². The Bertz CT molecular complexity index is 623. The number of nitrogens with zero attached hydrogens (tertiary/aromatic N) is 1. The summed E-state index contributed by atoms with van der Waals surface area (Å²) in [6, 6.07) is 6.20. The number of anilines is 1. The highest BCUT2D eigenvalue weighted by Gasteiger charge is 2.47. The van der Waals surface area contributed by atoms with Gasteiger partial charge in [0.1, 0.15) is 12.4 Å². The van der Waals surface area contributed by atoms with E-state index in [1.54, 1.807) is 12.1 Å². The van der Waals surface area contributed by atoms with Crippen LogP contribution in [0.25, 0.3) is 0 Å². The number of amides is 2. The topological polar surface area (TPSA) is 86.7 Å². The number of imide groups is 1. The third-order valence-electron chi connectivity index (χ3n) is 3.96. The molecule has 1 aliphatic carbocycles. The quantitative estimate of drug-likeness (QED) is 0.588. The van der Waals surface area contributed by atoms with E-state index in [0.29, 0.717) is 24.3 Å². The van der Waals surface area contributed by atoms with Crippen molar-refractivity contribution >= 4 is 23.5 Å². The fourth-order valence-corrected chi connectivity index (χ4v) is 2.89. The molecule has 0 bridgehead atoms. The molecule has 6 nitrogen and oxygen atoms in total. The number of carboxylic acids is 1. The van der Waals surface area contributed by atoms with E-state index >= 15 is 0 Å². The minimum atomic E-state index is -1.31. The van der Waals surface area contributed by atoms with Gasteiger partial charge in [0.15, 0.2) is 0 Å². The van der Waals surface area contributed by atoms with Crippen LogP contribution in [0.4, 0.5) is 5.69 Å². The molecule has 6 heteroatoms. The van der Waals surface area contributed by atoms with Gasteiger partial charge in [0, 0.05) is 0 Å². The molecule has 1 fully saturated rings. The van der Waals surface area contributed by atoms with Crippen LogP contribution in [0.1, 0.15) is 12.8 Å². The zero-order chi connectivity index (χ0) is 15.7. The molecular formula is C16H14NO5-. The molecule has 114 valence electrons. The molecule has 1 heterocycles. The first kappa shape index (κ1) is 14.3. The number of carboxylic acid groups (broad SMARTS) is 1. The number of hydrogen-bond donors (Lipinski definition) is 0. The summed E-state index contributed by atoms with van der Waals surface area (Å²) >= 11 is 0. The van der Waals surface area contributed by atoms with Crippen molar-refractivity contribution in [2.24, 2.45) is 11.8 Å². The molecule has 3 rings (SSSR count). The summed E-state index contributed by atoms with van der Waals surface area (Å²) in [5.74, 6) is -1.87. The van der Waals surface area contributed by atoms with Crippen LogP contribution in [0, 0.1) is 11.8 Å². The average Bonchev–Trinajstić information content (AvgIpc) is 2.78. The minimum Gasteiger partial charge on any atom is -0.546 e. The summed E-state index contributed by atoms with van der Waals surface area (Å²) in [5, 5.41) is 10.3. The second kappa shape index (κ2) is 5.63. The fourth-order valence-electron chi connectivity index (χ4n) is 2.89. The van der Waals surface area contributed by atoms with Crippen molar-refractivity contribution < 1.29 is 24.2 Å². The van der Waals surface area contributed by atoms with Crippen LogP contribution in [-0.2, 0) is 14.4 Å². The lowest BCUT2D eigenvalue weighted by Crippen LogP contribution is -2.31. The SMILES string of the molecule is O=C([O-])COc1ccc(N2C(=O)[C@@H]3CC=CC[C@H]3C2=O)cc1. The van der Waals surface area contributed by atoms with Gasteiger partial charge in [-0.3, -0.25) is 14.5 Å². The summed E-state index contributed by atoms with van der Waals surface area (Å²) in [7, 11) is 0. The van der Waals surface area contributed by atoms with Crippen LogP contribution in [0.3, 0.4) is 0 Å². The zero-order valence-electron chi connectivity index (χ0n) is 11.7. The van der Waals surface area contributed by atoms with Crippen molar-refractivity contribution in [2.75, 3.05) is 11.5 Å². The van der Waals surface area contributed by atoms with Crippen LogP contribution >= 0.6 is 0 Å². The van der Waals surface area contributed by atoms with Gasteiger partial charge in [-0.1, -0.05) is 12.2 Å². The van der Waals surface area contributed by atoms with Crippen LogP contribution in [0.15, 0.2) is 36.4 Å². The molecule has 0 spiro atoms. The lowest BCUT2D eigenvalue weighted by atomic mass is 9.85. The van der Waals surface area contributed by atoms with Crippen molar-refractivity contribution in [1.29, 1.82) is 0 Å².